The highest BCUT2D eigenvalue weighted by Crippen LogP contribution is 2.17. The molecule has 1 aromatic carbocycles. The molecule has 0 aliphatic heterocycles. The number of nitro groups is 1. The highest BCUT2D eigenvalue weighted by atomic mass is 32.2. The quantitative estimate of drug-likeness (QED) is 0.197. The van der Waals surface area contributed by atoms with Crippen LogP contribution < -0.4 is 15.0 Å². The van der Waals surface area contributed by atoms with E-state index in [9.17, 15) is 10.1 Å². The van der Waals surface area contributed by atoms with E-state index in [1.807, 2.05) is 36.7 Å². The first-order valence-corrected chi connectivity index (χ1v) is 12.8. The Labute approximate surface area is 207 Å². The van der Waals surface area contributed by atoms with Gasteiger partial charge in [-0.05, 0) is 62.5 Å². The predicted octanol–water partition coefficient (Wildman–Crippen LogP) is 4.62. The fraction of sp³-hybridized carbons (Fsp3) is 0.480. The summed E-state index contributed by atoms with van der Waals surface area (Å²) in [5, 5.41) is 14.3. The van der Waals surface area contributed by atoms with Crippen molar-refractivity contribution in [3.63, 3.8) is 0 Å². The van der Waals surface area contributed by atoms with Crippen molar-refractivity contribution >= 4 is 17.6 Å². The number of unbranched alkanes of at least 4 members (excludes halogenated alkanes) is 3. The van der Waals surface area contributed by atoms with Crippen molar-refractivity contribution < 1.29 is 9.66 Å². The van der Waals surface area contributed by atoms with Gasteiger partial charge in [0, 0.05) is 32.4 Å². The van der Waals surface area contributed by atoms with Crippen molar-refractivity contribution in [2.24, 2.45) is 0 Å². The molecule has 1 aromatic heterocycles. The molecule has 0 unspecified atom stereocenters. The molecule has 0 saturated carbocycles. The molecule has 1 N–H and O–H groups in total. The molecule has 9 heteroatoms. The van der Waals surface area contributed by atoms with E-state index in [0.29, 0.717) is 5.03 Å². The first kappa shape index (κ1) is 27.5. The molecule has 186 valence electrons. The SMILES string of the molecule is COc1ccc(CN(CCN(C)CCCCCCN/C(=C/[N+](=O)[O-])SC)c2ccccn2)cc1. The number of hydrogen-bond donors (Lipinski definition) is 1. The summed E-state index contributed by atoms with van der Waals surface area (Å²) in [5.41, 5.74) is 1.22. The van der Waals surface area contributed by atoms with Crippen LogP contribution in [0.3, 0.4) is 0 Å². The van der Waals surface area contributed by atoms with Crippen molar-refractivity contribution in [1.29, 1.82) is 0 Å². The standard InChI is InChI=1S/C25H37N5O3S/c1-28(17-9-5-4-7-16-27-25(34-3)21-30(31)32)18-19-29(24-10-6-8-15-26-24)20-22-11-13-23(33-2)14-12-22/h6,8,10-15,21,27H,4-5,7,9,16-20H2,1-3H3/b25-21-. The molecule has 0 saturated heterocycles. The maximum absolute atomic E-state index is 10.6. The first-order chi connectivity index (χ1) is 16.5. The van der Waals surface area contributed by atoms with Crippen LogP contribution in [0.5, 0.6) is 5.75 Å². The van der Waals surface area contributed by atoms with Crippen molar-refractivity contribution in [3.05, 3.63) is 75.6 Å². The lowest BCUT2D eigenvalue weighted by molar-refractivity contribution is -0.403. The van der Waals surface area contributed by atoms with E-state index in [2.05, 4.69) is 45.3 Å². The number of aromatic nitrogens is 1. The topological polar surface area (TPSA) is 83.8 Å². The maximum atomic E-state index is 10.6. The summed E-state index contributed by atoms with van der Waals surface area (Å²) in [6, 6.07) is 14.2. The summed E-state index contributed by atoms with van der Waals surface area (Å²) < 4.78 is 5.27. The van der Waals surface area contributed by atoms with Gasteiger partial charge in [-0.15, -0.1) is 11.8 Å². The zero-order chi connectivity index (χ0) is 24.6. The number of thioether (sulfide) groups is 1. The number of likely N-dealkylation sites (N-methyl/N-ethyl adjacent to an activating group) is 1. The molecule has 2 rings (SSSR count). The minimum absolute atomic E-state index is 0.416. The second-order valence-corrected chi connectivity index (χ2v) is 8.93. The monoisotopic (exact) mass is 487 g/mol. The van der Waals surface area contributed by atoms with Crippen LogP contribution in [0, 0.1) is 10.1 Å². The molecule has 8 nitrogen and oxygen atoms in total. The van der Waals surface area contributed by atoms with Gasteiger partial charge in [0.2, 0.25) is 0 Å². The van der Waals surface area contributed by atoms with Crippen LogP contribution in [-0.4, -0.2) is 61.4 Å². The lowest BCUT2D eigenvalue weighted by Crippen LogP contribution is -2.34. The Morgan fingerprint density at radius 1 is 1.12 bits per heavy atom. The van der Waals surface area contributed by atoms with E-state index in [1.54, 1.807) is 7.11 Å². The highest BCUT2D eigenvalue weighted by molar-refractivity contribution is 8.02. The summed E-state index contributed by atoms with van der Waals surface area (Å²) in [5.74, 6) is 1.84. The van der Waals surface area contributed by atoms with Crippen molar-refractivity contribution in [2.75, 3.05) is 51.5 Å². The summed E-state index contributed by atoms with van der Waals surface area (Å²) in [7, 11) is 3.85. The van der Waals surface area contributed by atoms with E-state index in [-0.39, 0.29) is 0 Å². The summed E-state index contributed by atoms with van der Waals surface area (Å²) in [4.78, 5) is 19.4. The van der Waals surface area contributed by atoms with Crippen LogP contribution in [0.15, 0.2) is 59.9 Å². The van der Waals surface area contributed by atoms with Gasteiger partial charge in [-0.1, -0.05) is 31.0 Å². The van der Waals surface area contributed by atoms with Gasteiger partial charge < -0.3 is 19.9 Å². The number of hydrogen-bond acceptors (Lipinski definition) is 8. The molecule has 1 heterocycles. The van der Waals surface area contributed by atoms with E-state index in [0.717, 1.165) is 76.2 Å². The number of rotatable bonds is 17. The molecule has 0 radical (unpaired) electrons. The van der Waals surface area contributed by atoms with Crippen molar-refractivity contribution in [3.8, 4) is 5.75 Å². The molecule has 0 aliphatic rings. The van der Waals surface area contributed by atoms with Gasteiger partial charge in [-0.25, -0.2) is 4.98 Å². The molecule has 0 aliphatic carbocycles. The fourth-order valence-electron chi connectivity index (χ4n) is 3.51. The molecule has 0 amide bonds. The van der Waals surface area contributed by atoms with Crippen molar-refractivity contribution in [2.45, 2.75) is 32.2 Å². The number of methoxy groups -OCH3 is 1. The van der Waals surface area contributed by atoms with Crippen LogP contribution in [0.2, 0.25) is 0 Å². The summed E-state index contributed by atoms with van der Waals surface area (Å²) >= 11 is 1.37. The molecule has 0 atom stereocenters. The largest absolute Gasteiger partial charge is 0.497 e. The maximum Gasteiger partial charge on any atom is 0.263 e. The molecule has 2 aromatic rings. The average Bonchev–Trinajstić information content (AvgIpc) is 2.85. The average molecular weight is 488 g/mol. The number of pyridine rings is 1. The Bertz CT molecular complexity index is 865. The van der Waals surface area contributed by atoms with E-state index >= 15 is 0 Å². The Hall–Kier alpha value is -2.78. The van der Waals surface area contributed by atoms with Crippen LogP contribution in [0.4, 0.5) is 5.82 Å². The predicted molar refractivity (Wildman–Crippen MR) is 141 cm³/mol. The molecule has 0 fully saturated rings. The molecular formula is C25H37N5O3S. The highest BCUT2D eigenvalue weighted by Gasteiger charge is 2.10. The third-order valence-electron chi connectivity index (χ3n) is 5.47. The lowest BCUT2D eigenvalue weighted by Gasteiger charge is -2.27. The third kappa shape index (κ3) is 10.9. The van der Waals surface area contributed by atoms with Crippen LogP contribution in [-0.2, 0) is 6.54 Å². The van der Waals surface area contributed by atoms with Gasteiger partial charge in [0.05, 0.1) is 12.0 Å². The van der Waals surface area contributed by atoms with Gasteiger partial charge in [0.1, 0.15) is 16.6 Å². The summed E-state index contributed by atoms with van der Waals surface area (Å²) in [6.07, 6.45) is 9.11. The number of benzene rings is 1. The Morgan fingerprint density at radius 3 is 2.53 bits per heavy atom. The zero-order valence-electron chi connectivity index (χ0n) is 20.5. The van der Waals surface area contributed by atoms with E-state index in [1.165, 1.54) is 17.3 Å². The molecule has 0 spiro atoms. The minimum Gasteiger partial charge on any atom is -0.497 e. The van der Waals surface area contributed by atoms with Crippen LogP contribution >= 0.6 is 11.8 Å². The third-order valence-corrected chi connectivity index (χ3v) is 6.16. The summed E-state index contributed by atoms with van der Waals surface area (Å²) in [6.45, 7) is 4.45. The van der Waals surface area contributed by atoms with Crippen molar-refractivity contribution in [1.82, 2.24) is 15.2 Å². The van der Waals surface area contributed by atoms with Gasteiger partial charge in [0.25, 0.3) is 6.20 Å². The van der Waals surface area contributed by atoms with Crippen LogP contribution in [0.25, 0.3) is 0 Å². The first-order valence-electron chi connectivity index (χ1n) is 11.6. The Balaban J connectivity index is 1.71. The smallest absolute Gasteiger partial charge is 0.263 e. The van der Waals surface area contributed by atoms with Gasteiger partial charge in [-0.2, -0.15) is 0 Å². The number of anilines is 1. The Morgan fingerprint density at radius 2 is 1.88 bits per heavy atom. The second-order valence-electron chi connectivity index (χ2n) is 8.08. The number of nitrogens with zero attached hydrogens (tertiary/aromatic N) is 4. The Kier molecular flexibility index (Phi) is 12.9. The fourth-order valence-corrected chi connectivity index (χ4v) is 3.95. The van der Waals surface area contributed by atoms with Gasteiger partial charge in [-0.3, -0.25) is 10.1 Å². The molecule has 34 heavy (non-hydrogen) atoms. The van der Waals surface area contributed by atoms with Gasteiger partial charge >= 0.3 is 0 Å². The minimum atomic E-state index is -0.416. The molecule has 0 bridgehead atoms. The lowest BCUT2D eigenvalue weighted by atomic mass is 10.2. The van der Waals surface area contributed by atoms with Crippen LogP contribution in [0.1, 0.15) is 31.2 Å². The molecular weight excluding hydrogens is 450 g/mol. The second kappa shape index (κ2) is 16.0. The van der Waals surface area contributed by atoms with E-state index in [4.69, 9.17) is 4.74 Å². The number of nitrogens with one attached hydrogen (secondary N) is 1. The number of ether oxygens (including phenoxy) is 1. The zero-order valence-corrected chi connectivity index (χ0v) is 21.3. The normalized spacial score (nSPS) is 11.5. The van der Waals surface area contributed by atoms with Gasteiger partial charge in [0.15, 0.2) is 0 Å². The van der Waals surface area contributed by atoms with E-state index < -0.39 is 4.92 Å².